The highest BCUT2D eigenvalue weighted by molar-refractivity contribution is 5.72. The fourth-order valence-corrected chi connectivity index (χ4v) is 2.13. The summed E-state index contributed by atoms with van der Waals surface area (Å²) in [4.78, 5) is 11.6. The number of carbonyl (C=O) groups excluding carboxylic acids is 1. The van der Waals surface area contributed by atoms with Crippen LogP contribution in [0.2, 0.25) is 0 Å². The average molecular weight is 324 g/mol. The van der Waals surface area contributed by atoms with Gasteiger partial charge in [-0.15, -0.1) is 0 Å². The van der Waals surface area contributed by atoms with E-state index < -0.39 is 12.4 Å². The van der Waals surface area contributed by atoms with Crippen LogP contribution in [0.5, 0.6) is 5.75 Å². The Balaban J connectivity index is 2.22. The molecule has 1 aromatic heterocycles. The van der Waals surface area contributed by atoms with Gasteiger partial charge < -0.3 is 9.47 Å². The highest BCUT2D eigenvalue weighted by Gasteiger charge is 2.18. The van der Waals surface area contributed by atoms with Gasteiger partial charge >= 0.3 is 5.97 Å². The summed E-state index contributed by atoms with van der Waals surface area (Å²) < 4.78 is 37.1. The molecule has 0 spiro atoms. The molecule has 23 heavy (non-hydrogen) atoms. The van der Waals surface area contributed by atoms with E-state index in [-0.39, 0.29) is 25.3 Å². The van der Waals surface area contributed by atoms with Gasteiger partial charge in [0, 0.05) is 0 Å². The third-order valence-electron chi connectivity index (χ3n) is 3.23. The Morgan fingerprint density at radius 1 is 1.30 bits per heavy atom. The predicted molar refractivity (Wildman–Crippen MR) is 79.6 cm³/mol. The fraction of sp³-hybridized carbons (Fsp3) is 0.375. The van der Waals surface area contributed by atoms with Crippen LogP contribution in [0.15, 0.2) is 30.3 Å². The van der Waals surface area contributed by atoms with Crippen LogP contribution in [0.1, 0.15) is 30.3 Å². The lowest BCUT2D eigenvalue weighted by Crippen LogP contribution is -2.13. The number of benzene rings is 1. The number of methoxy groups -OCH3 is 1. The van der Waals surface area contributed by atoms with E-state index in [1.54, 1.807) is 26.2 Å². The number of carbonyl (C=O) groups is 1. The van der Waals surface area contributed by atoms with Gasteiger partial charge in [0.25, 0.3) is 6.43 Å². The van der Waals surface area contributed by atoms with Crippen molar-refractivity contribution in [2.75, 3.05) is 13.7 Å². The predicted octanol–water partition coefficient (Wildman–Crippen LogP) is 2.98. The van der Waals surface area contributed by atoms with Gasteiger partial charge in [-0.1, -0.05) is 12.1 Å². The molecule has 0 saturated heterocycles. The Morgan fingerprint density at radius 2 is 2.00 bits per heavy atom. The maximum Gasteiger partial charge on any atom is 0.311 e. The molecule has 1 aromatic carbocycles. The van der Waals surface area contributed by atoms with Gasteiger partial charge in [0.2, 0.25) is 0 Å². The normalized spacial score (nSPS) is 10.8. The van der Waals surface area contributed by atoms with Crippen molar-refractivity contribution in [3.63, 3.8) is 0 Å². The standard InChI is InChI=1S/C16H18F2N2O3/c1-3-23-15(21)9-12-8-14(16(17)18)19-20(12)10-11-4-6-13(22-2)7-5-11/h4-8,16H,3,9-10H2,1-2H3. The maximum atomic E-state index is 12.9. The smallest absolute Gasteiger partial charge is 0.311 e. The lowest BCUT2D eigenvalue weighted by atomic mass is 10.2. The number of esters is 1. The van der Waals surface area contributed by atoms with Crippen molar-refractivity contribution in [1.82, 2.24) is 9.78 Å². The van der Waals surface area contributed by atoms with Crippen LogP contribution in [0.4, 0.5) is 8.78 Å². The van der Waals surface area contributed by atoms with Crippen LogP contribution >= 0.6 is 0 Å². The topological polar surface area (TPSA) is 53.3 Å². The van der Waals surface area contributed by atoms with E-state index in [1.807, 2.05) is 12.1 Å². The molecule has 2 aromatic rings. The fourth-order valence-electron chi connectivity index (χ4n) is 2.13. The van der Waals surface area contributed by atoms with E-state index in [0.29, 0.717) is 11.4 Å². The molecule has 0 bridgehead atoms. The minimum absolute atomic E-state index is 0.0935. The zero-order valence-electron chi connectivity index (χ0n) is 13.0. The van der Waals surface area contributed by atoms with Crippen molar-refractivity contribution < 1.29 is 23.0 Å². The third-order valence-corrected chi connectivity index (χ3v) is 3.23. The first kappa shape index (κ1) is 16.9. The molecule has 0 fully saturated rings. The van der Waals surface area contributed by atoms with Crippen LogP contribution in [-0.2, 0) is 22.5 Å². The Morgan fingerprint density at radius 3 is 2.57 bits per heavy atom. The molecule has 124 valence electrons. The van der Waals surface area contributed by atoms with Gasteiger partial charge in [0.15, 0.2) is 0 Å². The number of halogens is 2. The second-order valence-electron chi connectivity index (χ2n) is 4.85. The maximum absolute atomic E-state index is 12.9. The number of hydrogen-bond donors (Lipinski definition) is 0. The summed E-state index contributed by atoms with van der Waals surface area (Å²) in [5.74, 6) is 0.235. The Hall–Kier alpha value is -2.44. The molecule has 7 heteroatoms. The largest absolute Gasteiger partial charge is 0.497 e. The second-order valence-corrected chi connectivity index (χ2v) is 4.85. The van der Waals surface area contributed by atoms with Crippen molar-refractivity contribution >= 4 is 5.97 Å². The van der Waals surface area contributed by atoms with Gasteiger partial charge in [-0.25, -0.2) is 8.78 Å². The number of nitrogens with zero attached hydrogens (tertiary/aromatic N) is 2. The molecule has 0 aliphatic heterocycles. The highest BCUT2D eigenvalue weighted by atomic mass is 19.3. The number of hydrogen-bond acceptors (Lipinski definition) is 4. The van der Waals surface area contributed by atoms with Crippen molar-refractivity contribution in [3.05, 3.63) is 47.3 Å². The van der Waals surface area contributed by atoms with Crippen LogP contribution in [0.3, 0.4) is 0 Å². The first-order valence-corrected chi connectivity index (χ1v) is 7.16. The van der Waals surface area contributed by atoms with Crippen molar-refractivity contribution in [2.45, 2.75) is 26.3 Å². The van der Waals surface area contributed by atoms with Crippen LogP contribution in [0.25, 0.3) is 0 Å². The molecule has 2 rings (SSSR count). The minimum atomic E-state index is -2.69. The molecule has 0 aliphatic carbocycles. The van der Waals surface area contributed by atoms with Crippen LogP contribution in [0, 0.1) is 0 Å². The van der Waals surface area contributed by atoms with Gasteiger partial charge in [0.1, 0.15) is 11.4 Å². The third kappa shape index (κ3) is 4.51. The summed E-state index contributed by atoms with van der Waals surface area (Å²) in [6.07, 6.45) is -2.78. The molecule has 0 aliphatic rings. The molecule has 0 unspecified atom stereocenters. The first-order chi connectivity index (χ1) is 11.0. The van der Waals surface area contributed by atoms with E-state index in [2.05, 4.69) is 5.10 Å². The van der Waals surface area contributed by atoms with Crippen molar-refractivity contribution in [1.29, 1.82) is 0 Å². The molecule has 0 amide bonds. The Bertz CT molecular complexity index is 654. The highest BCUT2D eigenvalue weighted by Crippen LogP contribution is 2.20. The van der Waals surface area contributed by atoms with Gasteiger partial charge in [0.05, 0.1) is 32.4 Å². The molecule has 5 nitrogen and oxygen atoms in total. The molecule has 1 heterocycles. The Labute approximate surface area is 132 Å². The monoisotopic (exact) mass is 324 g/mol. The van der Waals surface area contributed by atoms with Crippen LogP contribution < -0.4 is 4.74 Å². The Kier molecular flexibility index (Phi) is 5.67. The van der Waals surface area contributed by atoms with Crippen molar-refractivity contribution in [3.8, 4) is 5.75 Å². The van der Waals surface area contributed by atoms with E-state index in [4.69, 9.17) is 9.47 Å². The zero-order chi connectivity index (χ0) is 16.8. The summed E-state index contributed by atoms with van der Waals surface area (Å²) >= 11 is 0. The quantitative estimate of drug-likeness (QED) is 0.735. The molecule has 0 atom stereocenters. The molecule has 0 saturated carbocycles. The SMILES string of the molecule is CCOC(=O)Cc1cc(C(F)F)nn1Cc1ccc(OC)cc1. The summed E-state index contributed by atoms with van der Waals surface area (Å²) in [6, 6.07) is 8.42. The van der Waals surface area contributed by atoms with Gasteiger partial charge in [-0.05, 0) is 30.7 Å². The molecule has 0 radical (unpaired) electrons. The average Bonchev–Trinajstić information content (AvgIpc) is 2.91. The lowest BCUT2D eigenvalue weighted by molar-refractivity contribution is -0.142. The number of rotatable bonds is 7. The van der Waals surface area contributed by atoms with Gasteiger partial charge in [-0.2, -0.15) is 5.10 Å². The van der Waals surface area contributed by atoms with E-state index >= 15 is 0 Å². The first-order valence-electron chi connectivity index (χ1n) is 7.16. The lowest BCUT2D eigenvalue weighted by Gasteiger charge is -2.08. The number of alkyl halides is 2. The number of ether oxygens (including phenoxy) is 2. The summed E-state index contributed by atoms with van der Waals surface area (Å²) in [5.41, 5.74) is 0.909. The minimum Gasteiger partial charge on any atom is -0.497 e. The molecule has 0 N–H and O–H groups in total. The zero-order valence-corrected chi connectivity index (χ0v) is 13.0. The second kappa shape index (κ2) is 7.71. The van der Waals surface area contributed by atoms with Crippen molar-refractivity contribution in [2.24, 2.45) is 0 Å². The summed E-state index contributed by atoms with van der Waals surface area (Å²) in [7, 11) is 1.56. The van der Waals surface area contributed by atoms with E-state index in [9.17, 15) is 13.6 Å². The van der Waals surface area contributed by atoms with Gasteiger partial charge in [-0.3, -0.25) is 9.48 Å². The van der Waals surface area contributed by atoms with E-state index in [1.165, 1.54) is 10.7 Å². The molecular formula is C16H18F2N2O3. The molecular weight excluding hydrogens is 306 g/mol. The summed E-state index contributed by atoms with van der Waals surface area (Å²) in [5, 5.41) is 3.89. The number of aromatic nitrogens is 2. The summed E-state index contributed by atoms with van der Waals surface area (Å²) in [6.45, 7) is 2.22. The van der Waals surface area contributed by atoms with Crippen LogP contribution in [-0.4, -0.2) is 29.5 Å². The van der Waals surface area contributed by atoms with E-state index in [0.717, 1.165) is 5.56 Å².